The maximum atomic E-state index is 11.1. The predicted octanol–water partition coefficient (Wildman–Crippen LogP) is 3.10. The molecule has 0 aliphatic rings. The van der Waals surface area contributed by atoms with Crippen LogP contribution in [0.5, 0.6) is 0 Å². The van der Waals surface area contributed by atoms with Gasteiger partial charge in [-0.1, -0.05) is 18.2 Å². The number of para-hydroxylation sites is 1. The van der Waals surface area contributed by atoms with E-state index in [9.17, 15) is 4.79 Å². The molecular formula is C13H12BrNO2. The van der Waals surface area contributed by atoms with E-state index in [0.29, 0.717) is 12.8 Å². The highest BCUT2D eigenvalue weighted by atomic mass is 79.9. The van der Waals surface area contributed by atoms with Crippen LogP contribution in [0.1, 0.15) is 12.1 Å². The molecule has 3 nitrogen and oxygen atoms in total. The van der Waals surface area contributed by atoms with E-state index >= 15 is 0 Å². The molecule has 0 amide bonds. The average Bonchev–Trinajstić information content (AvgIpc) is 2.36. The smallest absolute Gasteiger partial charge is 0.305 e. The van der Waals surface area contributed by atoms with Crippen molar-refractivity contribution in [2.75, 3.05) is 7.11 Å². The van der Waals surface area contributed by atoms with E-state index in [0.717, 1.165) is 21.1 Å². The van der Waals surface area contributed by atoms with Crippen LogP contribution in [0.4, 0.5) is 0 Å². The van der Waals surface area contributed by atoms with Gasteiger partial charge in [-0.3, -0.25) is 9.78 Å². The van der Waals surface area contributed by atoms with Crippen molar-refractivity contribution in [3.8, 4) is 0 Å². The van der Waals surface area contributed by atoms with Gasteiger partial charge < -0.3 is 4.74 Å². The molecular weight excluding hydrogens is 282 g/mol. The Morgan fingerprint density at radius 1 is 1.35 bits per heavy atom. The number of carbonyl (C=O) groups is 1. The number of ether oxygens (including phenoxy) is 1. The second kappa shape index (κ2) is 5.27. The highest BCUT2D eigenvalue weighted by Crippen LogP contribution is 2.22. The molecule has 1 aromatic carbocycles. The molecule has 17 heavy (non-hydrogen) atoms. The molecule has 0 unspecified atom stereocenters. The van der Waals surface area contributed by atoms with E-state index < -0.39 is 0 Å². The van der Waals surface area contributed by atoms with Crippen molar-refractivity contribution in [3.63, 3.8) is 0 Å². The number of aryl methyl sites for hydroxylation is 1. The lowest BCUT2D eigenvalue weighted by molar-refractivity contribution is -0.140. The molecule has 0 aliphatic carbocycles. The lowest BCUT2D eigenvalue weighted by Crippen LogP contribution is -2.03. The molecule has 2 rings (SSSR count). The van der Waals surface area contributed by atoms with Gasteiger partial charge in [0.05, 0.1) is 19.0 Å². The Hall–Kier alpha value is -1.42. The third kappa shape index (κ3) is 2.82. The van der Waals surface area contributed by atoms with E-state index in [4.69, 9.17) is 0 Å². The fraction of sp³-hybridized carbons (Fsp3) is 0.231. The maximum absolute atomic E-state index is 11.1. The molecule has 0 fully saturated rings. The molecule has 0 atom stereocenters. The summed E-state index contributed by atoms with van der Waals surface area (Å²) in [6, 6.07) is 9.90. The molecule has 0 saturated carbocycles. The Bertz CT molecular complexity index is 554. The number of benzene rings is 1. The van der Waals surface area contributed by atoms with Crippen molar-refractivity contribution in [2.24, 2.45) is 0 Å². The zero-order valence-electron chi connectivity index (χ0n) is 9.44. The van der Waals surface area contributed by atoms with Crippen LogP contribution in [0.2, 0.25) is 0 Å². The largest absolute Gasteiger partial charge is 0.469 e. The minimum absolute atomic E-state index is 0.209. The average molecular weight is 294 g/mol. The van der Waals surface area contributed by atoms with E-state index in [-0.39, 0.29) is 5.97 Å². The van der Waals surface area contributed by atoms with Gasteiger partial charge in [-0.15, -0.1) is 0 Å². The molecule has 0 bridgehead atoms. The summed E-state index contributed by atoms with van der Waals surface area (Å²) in [4.78, 5) is 15.6. The minimum Gasteiger partial charge on any atom is -0.469 e. The third-order valence-corrected chi connectivity index (χ3v) is 3.18. The molecule has 0 radical (unpaired) electrons. The van der Waals surface area contributed by atoms with Gasteiger partial charge in [0.1, 0.15) is 0 Å². The number of esters is 1. The first-order valence-corrected chi connectivity index (χ1v) is 6.11. The first kappa shape index (κ1) is 12.0. The van der Waals surface area contributed by atoms with Crippen LogP contribution in [0.25, 0.3) is 10.9 Å². The summed E-state index contributed by atoms with van der Waals surface area (Å²) in [5.74, 6) is -0.209. The molecule has 0 aliphatic heterocycles. The van der Waals surface area contributed by atoms with Gasteiger partial charge in [-0.05, 0) is 28.1 Å². The van der Waals surface area contributed by atoms with Crippen LogP contribution in [0.15, 0.2) is 34.8 Å². The van der Waals surface area contributed by atoms with Crippen molar-refractivity contribution < 1.29 is 9.53 Å². The van der Waals surface area contributed by atoms with Crippen LogP contribution in [-0.2, 0) is 16.0 Å². The highest BCUT2D eigenvalue weighted by Gasteiger charge is 2.05. The number of methoxy groups -OCH3 is 1. The molecule has 0 saturated heterocycles. The number of fused-ring (bicyclic) bond motifs is 1. The number of hydrogen-bond acceptors (Lipinski definition) is 3. The predicted molar refractivity (Wildman–Crippen MR) is 69.8 cm³/mol. The molecule has 0 N–H and O–H groups in total. The van der Waals surface area contributed by atoms with Crippen molar-refractivity contribution in [3.05, 3.63) is 40.5 Å². The van der Waals surface area contributed by atoms with E-state index in [2.05, 4.69) is 25.7 Å². The number of aromatic nitrogens is 1. The fourth-order valence-electron chi connectivity index (χ4n) is 1.62. The molecule has 88 valence electrons. The van der Waals surface area contributed by atoms with Crippen LogP contribution in [0, 0.1) is 0 Å². The molecule has 1 heterocycles. The van der Waals surface area contributed by atoms with Crippen LogP contribution in [0.3, 0.4) is 0 Å². The first-order chi connectivity index (χ1) is 8.20. The van der Waals surface area contributed by atoms with E-state index in [1.807, 2.05) is 30.3 Å². The monoisotopic (exact) mass is 293 g/mol. The zero-order chi connectivity index (χ0) is 12.3. The van der Waals surface area contributed by atoms with E-state index in [1.165, 1.54) is 7.11 Å². The Labute approximate surface area is 108 Å². The molecule has 0 spiro atoms. The summed E-state index contributed by atoms with van der Waals surface area (Å²) >= 11 is 3.47. The topological polar surface area (TPSA) is 39.2 Å². The van der Waals surface area contributed by atoms with Crippen molar-refractivity contribution in [2.45, 2.75) is 12.8 Å². The molecule has 1 aromatic heterocycles. The lowest BCUT2D eigenvalue weighted by Gasteiger charge is -2.04. The summed E-state index contributed by atoms with van der Waals surface area (Å²) in [6.07, 6.45) is 0.962. The van der Waals surface area contributed by atoms with Gasteiger partial charge >= 0.3 is 5.97 Å². The number of hydrogen-bond donors (Lipinski definition) is 0. The van der Waals surface area contributed by atoms with Gasteiger partial charge in [-0.2, -0.15) is 0 Å². The number of pyridine rings is 1. The van der Waals surface area contributed by atoms with Gasteiger partial charge in [0.2, 0.25) is 0 Å². The number of halogens is 1. The highest BCUT2D eigenvalue weighted by molar-refractivity contribution is 9.10. The van der Waals surface area contributed by atoms with Crippen LogP contribution < -0.4 is 0 Å². The van der Waals surface area contributed by atoms with Gasteiger partial charge in [0, 0.05) is 22.0 Å². The first-order valence-electron chi connectivity index (χ1n) is 5.31. The Morgan fingerprint density at radius 2 is 2.18 bits per heavy atom. The molecule has 4 heteroatoms. The summed E-state index contributed by atoms with van der Waals surface area (Å²) in [5.41, 5.74) is 1.82. The van der Waals surface area contributed by atoms with Crippen molar-refractivity contribution in [1.82, 2.24) is 4.98 Å². The SMILES string of the molecule is COC(=O)CCc1ccc2cccc(Br)c2n1. The second-order valence-electron chi connectivity index (χ2n) is 3.69. The van der Waals surface area contributed by atoms with Crippen molar-refractivity contribution >= 4 is 32.8 Å². The standard InChI is InChI=1S/C13H12BrNO2/c1-17-12(16)8-7-10-6-5-9-3-2-4-11(14)13(9)15-10/h2-6H,7-8H2,1H3. The Kier molecular flexibility index (Phi) is 3.74. The van der Waals surface area contributed by atoms with Gasteiger partial charge in [-0.25, -0.2) is 0 Å². The minimum atomic E-state index is -0.209. The normalized spacial score (nSPS) is 10.5. The Morgan fingerprint density at radius 3 is 2.94 bits per heavy atom. The fourth-order valence-corrected chi connectivity index (χ4v) is 2.09. The summed E-state index contributed by atoms with van der Waals surface area (Å²) in [6.45, 7) is 0. The number of rotatable bonds is 3. The maximum Gasteiger partial charge on any atom is 0.305 e. The molecule has 2 aromatic rings. The van der Waals surface area contributed by atoms with Gasteiger partial charge in [0.25, 0.3) is 0 Å². The summed E-state index contributed by atoms with van der Waals surface area (Å²) in [5, 5.41) is 1.08. The van der Waals surface area contributed by atoms with Crippen LogP contribution >= 0.6 is 15.9 Å². The lowest BCUT2D eigenvalue weighted by atomic mass is 10.1. The third-order valence-electron chi connectivity index (χ3n) is 2.54. The summed E-state index contributed by atoms with van der Waals surface area (Å²) < 4.78 is 5.57. The zero-order valence-corrected chi connectivity index (χ0v) is 11.0. The van der Waals surface area contributed by atoms with Gasteiger partial charge in [0.15, 0.2) is 0 Å². The van der Waals surface area contributed by atoms with Crippen molar-refractivity contribution in [1.29, 1.82) is 0 Å². The quantitative estimate of drug-likeness (QED) is 0.817. The second-order valence-corrected chi connectivity index (χ2v) is 4.54. The number of carbonyl (C=O) groups excluding carboxylic acids is 1. The van der Waals surface area contributed by atoms with Crippen LogP contribution in [-0.4, -0.2) is 18.1 Å². The number of nitrogens with zero attached hydrogens (tertiary/aromatic N) is 1. The Balaban J connectivity index is 2.25. The van der Waals surface area contributed by atoms with E-state index in [1.54, 1.807) is 0 Å². The summed E-state index contributed by atoms with van der Waals surface area (Å²) in [7, 11) is 1.40.